The number of hydrogen-bond donors (Lipinski definition) is 1. The summed E-state index contributed by atoms with van der Waals surface area (Å²) < 4.78 is 17.8. The summed E-state index contributed by atoms with van der Waals surface area (Å²) in [6.07, 6.45) is 0.157. The number of benzene rings is 1. The Morgan fingerprint density at radius 2 is 1.91 bits per heavy atom. The second-order valence-corrected chi connectivity index (χ2v) is 7.05. The Labute approximate surface area is 133 Å². The van der Waals surface area contributed by atoms with Crippen molar-refractivity contribution in [2.45, 2.75) is 77.3 Å². The number of rotatable bonds is 5. The van der Waals surface area contributed by atoms with E-state index in [0.29, 0.717) is 13.0 Å². The van der Waals surface area contributed by atoms with Gasteiger partial charge in [0.25, 0.3) is 0 Å². The summed E-state index contributed by atoms with van der Waals surface area (Å²) in [4.78, 5) is 0. The molecule has 3 atom stereocenters. The molecule has 2 rings (SSSR count). The van der Waals surface area contributed by atoms with Crippen molar-refractivity contribution < 1.29 is 19.3 Å². The molecule has 1 fully saturated rings. The molecule has 0 saturated carbocycles. The Hall–Kier alpha value is -0.940. The van der Waals surface area contributed by atoms with Gasteiger partial charge in [0.05, 0.1) is 30.5 Å². The zero-order chi connectivity index (χ0) is 16.4. The molecule has 0 radical (unpaired) electrons. The summed E-state index contributed by atoms with van der Waals surface area (Å²) in [6.45, 7) is 9.85. The summed E-state index contributed by atoms with van der Waals surface area (Å²) in [7, 11) is 0. The minimum atomic E-state index is -0.904. The molecule has 1 aliphatic heterocycles. The highest BCUT2D eigenvalue weighted by molar-refractivity contribution is 5.13. The van der Waals surface area contributed by atoms with Gasteiger partial charge >= 0.3 is 0 Å². The molecule has 124 valence electrons. The average molecular weight is 308 g/mol. The highest BCUT2D eigenvalue weighted by Crippen LogP contribution is 2.33. The fourth-order valence-corrected chi connectivity index (χ4v) is 2.67. The van der Waals surface area contributed by atoms with Gasteiger partial charge in [0.1, 0.15) is 0 Å². The topological polar surface area (TPSA) is 47.9 Å². The first kappa shape index (κ1) is 17.4. The third-order valence-corrected chi connectivity index (χ3v) is 3.97. The van der Waals surface area contributed by atoms with Crippen LogP contribution in [0, 0.1) is 0 Å². The lowest BCUT2D eigenvalue weighted by Crippen LogP contribution is -2.54. The van der Waals surface area contributed by atoms with Crippen molar-refractivity contribution in [3.63, 3.8) is 0 Å². The first-order valence-electron chi connectivity index (χ1n) is 7.91. The van der Waals surface area contributed by atoms with E-state index >= 15 is 0 Å². The molecule has 0 unspecified atom stereocenters. The van der Waals surface area contributed by atoms with Gasteiger partial charge in [0, 0.05) is 6.42 Å². The standard InChI is InChI=1S/C18H28O4/c1-13(20-12-14-9-7-6-8-10-14)15-11-16(17(2,3)19)22-18(4,5)21-15/h6-10,13,15-16,19H,11-12H2,1-5H3/t13-,15+,16-/m1/s1. The van der Waals surface area contributed by atoms with Gasteiger partial charge in [-0.3, -0.25) is 0 Å². The van der Waals surface area contributed by atoms with Gasteiger partial charge in [-0.1, -0.05) is 30.3 Å². The van der Waals surface area contributed by atoms with Crippen LogP contribution in [0.25, 0.3) is 0 Å². The highest BCUT2D eigenvalue weighted by atomic mass is 16.7. The van der Waals surface area contributed by atoms with Crippen LogP contribution in [0.2, 0.25) is 0 Å². The highest BCUT2D eigenvalue weighted by Gasteiger charge is 2.43. The van der Waals surface area contributed by atoms with Gasteiger partial charge in [-0.2, -0.15) is 0 Å². The summed E-state index contributed by atoms with van der Waals surface area (Å²) >= 11 is 0. The maximum atomic E-state index is 10.3. The monoisotopic (exact) mass is 308 g/mol. The van der Waals surface area contributed by atoms with Crippen LogP contribution in [0.4, 0.5) is 0 Å². The Balaban J connectivity index is 1.97. The van der Waals surface area contributed by atoms with E-state index in [0.717, 1.165) is 5.56 Å². The molecule has 1 saturated heterocycles. The molecule has 0 bridgehead atoms. The molecule has 1 heterocycles. The smallest absolute Gasteiger partial charge is 0.163 e. The first-order valence-corrected chi connectivity index (χ1v) is 7.91. The van der Waals surface area contributed by atoms with E-state index in [1.54, 1.807) is 13.8 Å². The quantitative estimate of drug-likeness (QED) is 0.907. The molecule has 0 amide bonds. The molecule has 1 aliphatic rings. The van der Waals surface area contributed by atoms with Crippen LogP contribution >= 0.6 is 0 Å². The van der Waals surface area contributed by atoms with Gasteiger partial charge in [0.15, 0.2) is 5.79 Å². The summed E-state index contributed by atoms with van der Waals surface area (Å²) in [5.41, 5.74) is 0.234. The Morgan fingerprint density at radius 3 is 2.50 bits per heavy atom. The minimum Gasteiger partial charge on any atom is -0.388 e. The molecule has 0 aliphatic carbocycles. The minimum absolute atomic E-state index is 0.0757. The first-order chi connectivity index (χ1) is 10.2. The lowest BCUT2D eigenvalue weighted by Gasteiger charge is -2.46. The van der Waals surface area contributed by atoms with Crippen LogP contribution in [0.3, 0.4) is 0 Å². The van der Waals surface area contributed by atoms with Gasteiger partial charge in [-0.25, -0.2) is 0 Å². The molecule has 0 aromatic heterocycles. The van der Waals surface area contributed by atoms with Crippen LogP contribution in [-0.4, -0.2) is 34.8 Å². The molecule has 1 N–H and O–H groups in total. The van der Waals surface area contributed by atoms with Crippen molar-refractivity contribution in [1.82, 2.24) is 0 Å². The largest absolute Gasteiger partial charge is 0.388 e. The predicted molar refractivity (Wildman–Crippen MR) is 85.4 cm³/mol. The molecule has 4 nitrogen and oxygen atoms in total. The molecule has 0 spiro atoms. The summed E-state index contributed by atoms with van der Waals surface area (Å²) in [5, 5.41) is 10.3. The lowest BCUT2D eigenvalue weighted by atomic mass is 9.92. The van der Waals surface area contributed by atoms with E-state index in [4.69, 9.17) is 14.2 Å². The van der Waals surface area contributed by atoms with Crippen molar-refractivity contribution in [1.29, 1.82) is 0 Å². The zero-order valence-corrected chi connectivity index (χ0v) is 14.2. The van der Waals surface area contributed by atoms with Crippen molar-refractivity contribution in [2.75, 3.05) is 0 Å². The van der Waals surface area contributed by atoms with E-state index in [1.165, 1.54) is 0 Å². The van der Waals surface area contributed by atoms with Gasteiger partial charge in [-0.15, -0.1) is 0 Å². The summed E-state index contributed by atoms with van der Waals surface area (Å²) in [6, 6.07) is 10.1. The van der Waals surface area contributed by atoms with E-state index in [1.807, 2.05) is 51.1 Å². The lowest BCUT2D eigenvalue weighted by molar-refractivity contribution is -0.335. The fraction of sp³-hybridized carbons (Fsp3) is 0.667. The molecular formula is C18H28O4. The van der Waals surface area contributed by atoms with E-state index in [9.17, 15) is 5.11 Å². The maximum Gasteiger partial charge on any atom is 0.163 e. The molecule has 22 heavy (non-hydrogen) atoms. The third-order valence-electron chi connectivity index (χ3n) is 3.97. The van der Waals surface area contributed by atoms with Gasteiger partial charge < -0.3 is 19.3 Å². The molecular weight excluding hydrogens is 280 g/mol. The van der Waals surface area contributed by atoms with E-state index < -0.39 is 11.4 Å². The zero-order valence-electron chi connectivity index (χ0n) is 14.2. The van der Waals surface area contributed by atoms with Crippen molar-refractivity contribution in [2.24, 2.45) is 0 Å². The van der Waals surface area contributed by atoms with Crippen LogP contribution in [0.5, 0.6) is 0 Å². The molecule has 1 aromatic carbocycles. The Bertz CT molecular complexity index is 464. The van der Waals surface area contributed by atoms with Crippen molar-refractivity contribution in [3.05, 3.63) is 35.9 Å². The number of ether oxygens (including phenoxy) is 3. The van der Waals surface area contributed by atoms with Crippen molar-refractivity contribution in [3.8, 4) is 0 Å². The third kappa shape index (κ3) is 4.78. The van der Waals surface area contributed by atoms with Gasteiger partial charge in [-0.05, 0) is 40.2 Å². The molecule has 1 aromatic rings. The van der Waals surface area contributed by atoms with Crippen LogP contribution in [0.15, 0.2) is 30.3 Å². The Morgan fingerprint density at radius 1 is 1.27 bits per heavy atom. The van der Waals surface area contributed by atoms with Crippen LogP contribution < -0.4 is 0 Å². The maximum absolute atomic E-state index is 10.3. The predicted octanol–water partition coefficient (Wildman–Crippen LogP) is 3.27. The normalized spacial score (nSPS) is 26.6. The summed E-state index contributed by atoms with van der Waals surface area (Å²) in [5.74, 6) is -0.724. The molecule has 4 heteroatoms. The van der Waals surface area contributed by atoms with Crippen molar-refractivity contribution >= 4 is 0 Å². The average Bonchev–Trinajstić information content (AvgIpc) is 2.43. The van der Waals surface area contributed by atoms with E-state index in [-0.39, 0.29) is 18.3 Å². The van der Waals surface area contributed by atoms with Gasteiger partial charge in [0.2, 0.25) is 0 Å². The van der Waals surface area contributed by atoms with Crippen LogP contribution in [0.1, 0.15) is 46.6 Å². The fourth-order valence-electron chi connectivity index (χ4n) is 2.67. The second kappa shape index (κ2) is 6.67. The van der Waals surface area contributed by atoms with E-state index in [2.05, 4.69) is 0 Å². The Kier molecular flexibility index (Phi) is 5.28. The SMILES string of the molecule is C[C@@H](OCc1ccccc1)[C@@H]1C[C@H](C(C)(C)O)OC(C)(C)O1. The van der Waals surface area contributed by atoms with Crippen LogP contribution in [-0.2, 0) is 20.8 Å². The number of hydrogen-bond acceptors (Lipinski definition) is 4. The number of aliphatic hydroxyl groups is 1. The second-order valence-electron chi connectivity index (χ2n) is 7.05.